The van der Waals surface area contributed by atoms with Crippen LogP contribution in [-0.4, -0.2) is 23.7 Å². The van der Waals surface area contributed by atoms with Crippen LogP contribution in [0.1, 0.15) is 24.8 Å². The van der Waals surface area contributed by atoms with Crippen LogP contribution in [0.15, 0.2) is 54.0 Å². The van der Waals surface area contributed by atoms with E-state index in [0.29, 0.717) is 0 Å². The first kappa shape index (κ1) is 14.0. The maximum Gasteiger partial charge on any atom is 0.109 e. The average Bonchev–Trinajstić information content (AvgIpc) is 3.00. The fraction of sp³-hybridized carbons (Fsp3) is 0.412. The summed E-state index contributed by atoms with van der Waals surface area (Å²) in [6.45, 7) is 2.17. The molecule has 5 N–H and O–H groups in total. The molecule has 1 atom stereocenters. The molecule has 0 radical (unpaired) electrons. The van der Waals surface area contributed by atoms with Gasteiger partial charge in [-0.2, -0.15) is 0 Å². The van der Waals surface area contributed by atoms with Crippen molar-refractivity contribution in [2.75, 3.05) is 13.1 Å². The van der Waals surface area contributed by atoms with E-state index < -0.39 is 5.66 Å². The summed E-state index contributed by atoms with van der Waals surface area (Å²) in [6.07, 6.45) is 8.17. The third-order valence-electron chi connectivity index (χ3n) is 4.21. The van der Waals surface area contributed by atoms with E-state index in [-0.39, 0.29) is 0 Å². The van der Waals surface area contributed by atoms with Crippen LogP contribution in [0.4, 0.5) is 0 Å². The molecule has 1 saturated heterocycles. The Morgan fingerprint density at radius 3 is 2.57 bits per heavy atom. The Kier molecular flexibility index (Phi) is 3.88. The Labute approximate surface area is 126 Å². The van der Waals surface area contributed by atoms with Crippen LogP contribution in [0.2, 0.25) is 0 Å². The summed E-state index contributed by atoms with van der Waals surface area (Å²) < 4.78 is 0. The number of benzene rings is 1. The van der Waals surface area contributed by atoms with Crippen LogP contribution < -0.4 is 16.8 Å². The molecule has 4 nitrogen and oxygen atoms in total. The first-order valence-corrected chi connectivity index (χ1v) is 7.71. The maximum absolute atomic E-state index is 6.52. The minimum Gasteiger partial charge on any atom is -0.399 e. The van der Waals surface area contributed by atoms with Gasteiger partial charge in [-0.1, -0.05) is 30.3 Å². The van der Waals surface area contributed by atoms with Gasteiger partial charge in [0.1, 0.15) is 11.5 Å². The van der Waals surface area contributed by atoms with Crippen LogP contribution in [0.25, 0.3) is 0 Å². The highest BCUT2D eigenvalue weighted by atomic mass is 15.3. The first-order chi connectivity index (χ1) is 10.1. The maximum atomic E-state index is 6.52. The van der Waals surface area contributed by atoms with E-state index in [1.807, 2.05) is 18.2 Å². The van der Waals surface area contributed by atoms with Crippen molar-refractivity contribution in [3.63, 3.8) is 0 Å². The smallest absolute Gasteiger partial charge is 0.109 e. The summed E-state index contributed by atoms with van der Waals surface area (Å²) in [6, 6.07) is 10.4. The van der Waals surface area contributed by atoms with Crippen LogP contribution >= 0.6 is 0 Å². The van der Waals surface area contributed by atoms with Crippen molar-refractivity contribution < 1.29 is 0 Å². The van der Waals surface area contributed by atoms with E-state index in [0.717, 1.165) is 37.4 Å². The second-order valence-corrected chi connectivity index (χ2v) is 6.02. The highest BCUT2D eigenvalue weighted by molar-refractivity contribution is 5.31. The lowest BCUT2D eigenvalue weighted by atomic mass is 9.97. The second kappa shape index (κ2) is 5.82. The van der Waals surface area contributed by atoms with Gasteiger partial charge in [0.15, 0.2) is 0 Å². The summed E-state index contributed by atoms with van der Waals surface area (Å²) in [5.41, 5.74) is 14.1. The summed E-state index contributed by atoms with van der Waals surface area (Å²) >= 11 is 0. The Balaban J connectivity index is 1.68. The van der Waals surface area contributed by atoms with E-state index in [9.17, 15) is 0 Å². The summed E-state index contributed by atoms with van der Waals surface area (Å²) in [4.78, 5) is 2.34. The molecule has 0 aliphatic carbocycles. The molecule has 4 heteroatoms. The zero-order chi connectivity index (χ0) is 14.7. The SMILES string of the molecule is NC1=CC(N)(CCc2ccccc2)NC(N2CCCC2)=C1. The third-order valence-corrected chi connectivity index (χ3v) is 4.21. The molecule has 0 bridgehead atoms. The van der Waals surface area contributed by atoms with Crippen molar-refractivity contribution in [1.29, 1.82) is 0 Å². The highest BCUT2D eigenvalue weighted by Gasteiger charge is 2.29. The van der Waals surface area contributed by atoms with Gasteiger partial charge in [-0.15, -0.1) is 0 Å². The number of dihydropyridines is 1. The quantitative estimate of drug-likeness (QED) is 0.786. The minimum atomic E-state index is -0.563. The molecule has 0 aromatic heterocycles. The molecular weight excluding hydrogens is 260 g/mol. The molecule has 0 amide bonds. The number of hydrogen-bond donors (Lipinski definition) is 3. The molecule has 3 rings (SSSR count). The fourth-order valence-electron chi connectivity index (χ4n) is 3.07. The van der Waals surface area contributed by atoms with Gasteiger partial charge >= 0.3 is 0 Å². The van der Waals surface area contributed by atoms with Crippen molar-refractivity contribution >= 4 is 0 Å². The van der Waals surface area contributed by atoms with Gasteiger partial charge in [0.05, 0.1) is 0 Å². The summed E-state index contributed by atoms with van der Waals surface area (Å²) in [5, 5.41) is 3.48. The molecule has 1 aromatic rings. The highest BCUT2D eigenvalue weighted by Crippen LogP contribution is 2.22. The molecule has 0 spiro atoms. The Morgan fingerprint density at radius 1 is 1.14 bits per heavy atom. The van der Waals surface area contributed by atoms with Crippen LogP contribution in [0.5, 0.6) is 0 Å². The van der Waals surface area contributed by atoms with E-state index in [4.69, 9.17) is 11.5 Å². The van der Waals surface area contributed by atoms with Crippen LogP contribution in [0.3, 0.4) is 0 Å². The van der Waals surface area contributed by atoms with Gasteiger partial charge in [0.2, 0.25) is 0 Å². The zero-order valence-electron chi connectivity index (χ0n) is 12.4. The molecule has 0 saturated carbocycles. The van der Waals surface area contributed by atoms with Crippen molar-refractivity contribution in [2.45, 2.75) is 31.3 Å². The molecule has 1 unspecified atom stereocenters. The molecular formula is C17H24N4. The monoisotopic (exact) mass is 284 g/mol. The molecule has 2 aliphatic heterocycles. The Morgan fingerprint density at radius 2 is 1.86 bits per heavy atom. The van der Waals surface area contributed by atoms with Gasteiger partial charge < -0.3 is 21.7 Å². The second-order valence-electron chi connectivity index (χ2n) is 6.02. The number of nitrogens with two attached hydrogens (primary N) is 2. The normalized spacial score (nSPS) is 25.3. The average molecular weight is 284 g/mol. The van der Waals surface area contributed by atoms with Gasteiger partial charge in [0, 0.05) is 24.9 Å². The van der Waals surface area contributed by atoms with Gasteiger partial charge in [-0.25, -0.2) is 0 Å². The molecule has 21 heavy (non-hydrogen) atoms. The van der Waals surface area contributed by atoms with Crippen molar-refractivity contribution in [2.24, 2.45) is 11.5 Å². The van der Waals surface area contributed by atoms with Crippen molar-refractivity contribution in [1.82, 2.24) is 10.2 Å². The molecule has 1 aromatic carbocycles. The first-order valence-electron chi connectivity index (χ1n) is 7.71. The fourth-order valence-corrected chi connectivity index (χ4v) is 3.07. The lowest BCUT2D eigenvalue weighted by Gasteiger charge is -2.37. The van der Waals surface area contributed by atoms with Crippen LogP contribution in [-0.2, 0) is 6.42 Å². The Bertz CT molecular complexity index is 543. The van der Waals surface area contributed by atoms with E-state index in [1.54, 1.807) is 0 Å². The van der Waals surface area contributed by atoms with Gasteiger partial charge in [-0.05, 0) is 37.3 Å². The van der Waals surface area contributed by atoms with E-state index in [1.165, 1.54) is 18.4 Å². The largest absolute Gasteiger partial charge is 0.399 e. The predicted molar refractivity (Wildman–Crippen MR) is 86.0 cm³/mol. The number of likely N-dealkylation sites (tertiary alicyclic amines) is 1. The molecule has 112 valence electrons. The summed E-state index contributed by atoms with van der Waals surface area (Å²) in [5.74, 6) is 1.07. The lowest BCUT2D eigenvalue weighted by molar-refractivity contribution is 0.318. The van der Waals surface area contributed by atoms with Crippen molar-refractivity contribution in [3.8, 4) is 0 Å². The van der Waals surface area contributed by atoms with E-state index in [2.05, 4.69) is 34.5 Å². The molecule has 2 heterocycles. The number of hydrogen-bond acceptors (Lipinski definition) is 4. The number of rotatable bonds is 4. The standard InChI is InChI=1S/C17H24N4/c18-15-12-16(21-10-4-5-11-21)20-17(19,13-15)9-8-14-6-2-1-3-7-14/h1-3,6-7,12-13,20H,4-5,8-11,18-19H2. The lowest BCUT2D eigenvalue weighted by Crippen LogP contribution is -2.56. The number of aryl methyl sites for hydroxylation is 1. The zero-order valence-corrected chi connectivity index (χ0v) is 12.4. The minimum absolute atomic E-state index is 0.563. The van der Waals surface area contributed by atoms with Gasteiger partial charge in [0.25, 0.3) is 0 Å². The number of allylic oxidation sites excluding steroid dienone is 1. The van der Waals surface area contributed by atoms with Crippen LogP contribution in [0, 0.1) is 0 Å². The Hall–Kier alpha value is -1.94. The summed E-state index contributed by atoms with van der Waals surface area (Å²) in [7, 11) is 0. The predicted octanol–water partition coefficient (Wildman–Crippen LogP) is 1.66. The molecule has 1 fully saturated rings. The molecule has 2 aliphatic rings. The third kappa shape index (κ3) is 3.39. The number of nitrogens with one attached hydrogen (secondary N) is 1. The van der Waals surface area contributed by atoms with Gasteiger partial charge in [-0.3, -0.25) is 0 Å². The number of nitrogens with zero attached hydrogens (tertiary/aromatic N) is 1. The van der Waals surface area contributed by atoms with Crippen molar-refractivity contribution in [3.05, 3.63) is 59.6 Å². The topological polar surface area (TPSA) is 67.3 Å². The van der Waals surface area contributed by atoms with E-state index >= 15 is 0 Å².